The summed E-state index contributed by atoms with van der Waals surface area (Å²) in [7, 11) is -3.59. The highest BCUT2D eigenvalue weighted by molar-refractivity contribution is 7.94. The summed E-state index contributed by atoms with van der Waals surface area (Å²) in [5, 5.41) is 1.71. The molecule has 2 heterocycles. The Morgan fingerprint density at radius 1 is 1.00 bits per heavy atom. The topological polar surface area (TPSA) is 83.6 Å². The van der Waals surface area contributed by atoms with Gasteiger partial charge in [0.15, 0.2) is 5.78 Å². The smallest absolute Gasteiger partial charge is 0.271 e. The number of hydrogen-bond donors (Lipinski definition) is 1. The molecule has 1 fully saturated rings. The van der Waals surface area contributed by atoms with Crippen LogP contribution in [0.25, 0.3) is 0 Å². The second-order valence-electron chi connectivity index (χ2n) is 8.30. The van der Waals surface area contributed by atoms with Crippen LogP contribution in [0.2, 0.25) is 0 Å². The lowest BCUT2D eigenvalue weighted by atomic mass is 9.88. The van der Waals surface area contributed by atoms with E-state index in [4.69, 9.17) is 0 Å². The summed E-state index contributed by atoms with van der Waals surface area (Å²) in [5.41, 5.74) is 3.13. The summed E-state index contributed by atoms with van der Waals surface area (Å²) >= 11 is 1.16. The molecule has 0 aliphatic carbocycles. The Balaban J connectivity index is 1.29. The van der Waals surface area contributed by atoms with Crippen LogP contribution in [-0.4, -0.2) is 38.1 Å². The standard InChI is InChI=1S/C25H26N2O4S2/c1-18-4-8-20(9-5-18)25(29)21-12-14-27(15-13-21)23(28)17-19-6-10-22(11-7-19)26-33(30,31)24-3-2-16-32-24/h2-11,16,21,26H,12-15,17H2,1H3. The Hall–Kier alpha value is -2.97. The number of aryl methyl sites for hydroxylation is 1. The number of rotatable bonds is 7. The van der Waals surface area contributed by atoms with Crippen molar-refractivity contribution < 1.29 is 18.0 Å². The first-order valence-electron chi connectivity index (χ1n) is 10.9. The van der Waals surface area contributed by atoms with Crippen molar-refractivity contribution in [2.45, 2.75) is 30.4 Å². The van der Waals surface area contributed by atoms with Crippen molar-refractivity contribution in [2.75, 3.05) is 17.8 Å². The molecule has 1 amide bonds. The van der Waals surface area contributed by atoms with Gasteiger partial charge in [0.05, 0.1) is 6.42 Å². The summed E-state index contributed by atoms with van der Waals surface area (Å²) in [6.07, 6.45) is 1.58. The molecule has 172 valence electrons. The number of thiophene rings is 1. The van der Waals surface area contributed by atoms with E-state index >= 15 is 0 Å². The van der Waals surface area contributed by atoms with Crippen LogP contribution < -0.4 is 4.72 Å². The molecule has 1 saturated heterocycles. The summed E-state index contributed by atoms with van der Waals surface area (Å²) in [6, 6.07) is 17.7. The summed E-state index contributed by atoms with van der Waals surface area (Å²) in [6.45, 7) is 3.13. The molecule has 0 radical (unpaired) electrons. The number of nitrogens with one attached hydrogen (secondary N) is 1. The fourth-order valence-electron chi connectivity index (χ4n) is 3.94. The van der Waals surface area contributed by atoms with Crippen molar-refractivity contribution in [2.24, 2.45) is 5.92 Å². The molecule has 33 heavy (non-hydrogen) atoms. The quantitative estimate of drug-likeness (QED) is 0.502. The third-order valence-corrected chi connectivity index (χ3v) is 8.65. The van der Waals surface area contributed by atoms with E-state index in [0.29, 0.717) is 31.6 Å². The van der Waals surface area contributed by atoms with Crippen LogP contribution in [0.15, 0.2) is 70.3 Å². The van der Waals surface area contributed by atoms with Gasteiger partial charge < -0.3 is 4.90 Å². The molecule has 1 aliphatic rings. The van der Waals surface area contributed by atoms with E-state index in [1.807, 2.05) is 36.1 Å². The van der Waals surface area contributed by atoms with Gasteiger partial charge in [0.1, 0.15) is 4.21 Å². The first kappa shape index (κ1) is 23.2. The van der Waals surface area contributed by atoms with Gasteiger partial charge in [0.2, 0.25) is 5.91 Å². The van der Waals surface area contributed by atoms with Crippen LogP contribution in [0.3, 0.4) is 0 Å². The van der Waals surface area contributed by atoms with Crippen molar-refractivity contribution >= 4 is 38.7 Å². The molecule has 0 bridgehead atoms. The predicted octanol–water partition coefficient (Wildman–Crippen LogP) is 4.52. The van der Waals surface area contributed by atoms with E-state index in [1.165, 1.54) is 0 Å². The number of piperidine rings is 1. The summed E-state index contributed by atoms with van der Waals surface area (Å²) in [4.78, 5) is 27.3. The lowest BCUT2D eigenvalue weighted by Crippen LogP contribution is -2.41. The maximum atomic E-state index is 12.8. The third-order valence-electron chi connectivity index (χ3n) is 5.88. The van der Waals surface area contributed by atoms with Crippen molar-refractivity contribution in [1.82, 2.24) is 4.90 Å². The highest BCUT2D eigenvalue weighted by atomic mass is 32.2. The van der Waals surface area contributed by atoms with Gasteiger partial charge in [0, 0.05) is 30.3 Å². The van der Waals surface area contributed by atoms with Crippen LogP contribution in [0, 0.1) is 12.8 Å². The summed E-state index contributed by atoms with van der Waals surface area (Å²) in [5.74, 6) is 0.123. The first-order valence-corrected chi connectivity index (χ1v) is 13.2. The molecule has 1 aliphatic heterocycles. The fourth-order valence-corrected chi connectivity index (χ4v) is 5.99. The Morgan fingerprint density at radius 3 is 2.27 bits per heavy atom. The molecule has 2 aromatic carbocycles. The summed E-state index contributed by atoms with van der Waals surface area (Å²) < 4.78 is 27.5. The van der Waals surface area contributed by atoms with Gasteiger partial charge in [0.25, 0.3) is 10.0 Å². The van der Waals surface area contributed by atoms with E-state index in [-0.39, 0.29) is 28.2 Å². The number of sulfonamides is 1. The third kappa shape index (κ3) is 5.69. The Labute approximate surface area is 198 Å². The predicted molar refractivity (Wildman–Crippen MR) is 130 cm³/mol. The zero-order chi connectivity index (χ0) is 23.4. The molecule has 4 rings (SSSR count). The van der Waals surface area contributed by atoms with E-state index in [2.05, 4.69) is 4.72 Å². The number of likely N-dealkylation sites (tertiary alicyclic amines) is 1. The van der Waals surface area contributed by atoms with Crippen molar-refractivity contribution in [3.63, 3.8) is 0 Å². The van der Waals surface area contributed by atoms with E-state index < -0.39 is 10.0 Å². The van der Waals surface area contributed by atoms with Gasteiger partial charge >= 0.3 is 0 Å². The Bertz CT molecular complexity index is 1210. The second kappa shape index (κ2) is 9.89. The number of benzene rings is 2. The average Bonchev–Trinajstić information content (AvgIpc) is 3.37. The molecule has 1 N–H and O–H groups in total. The van der Waals surface area contributed by atoms with Crippen molar-refractivity contribution in [1.29, 1.82) is 0 Å². The molecule has 6 nitrogen and oxygen atoms in total. The lowest BCUT2D eigenvalue weighted by Gasteiger charge is -2.31. The van der Waals surface area contributed by atoms with Gasteiger partial charge in [-0.3, -0.25) is 14.3 Å². The van der Waals surface area contributed by atoms with Crippen LogP contribution in [-0.2, 0) is 21.2 Å². The van der Waals surface area contributed by atoms with E-state index in [0.717, 1.165) is 28.0 Å². The molecule has 3 aromatic rings. The molecule has 1 aromatic heterocycles. The van der Waals surface area contributed by atoms with Gasteiger partial charge in [-0.25, -0.2) is 8.42 Å². The van der Waals surface area contributed by atoms with Gasteiger partial charge in [-0.2, -0.15) is 0 Å². The minimum absolute atomic E-state index is 0.0168. The number of amides is 1. The number of anilines is 1. The highest BCUT2D eigenvalue weighted by Gasteiger charge is 2.28. The van der Waals surface area contributed by atoms with E-state index in [1.54, 1.807) is 41.8 Å². The van der Waals surface area contributed by atoms with E-state index in [9.17, 15) is 18.0 Å². The maximum absolute atomic E-state index is 12.8. The number of carbonyl (C=O) groups is 2. The number of ketones is 1. The number of hydrogen-bond acceptors (Lipinski definition) is 5. The maximum Gasteiger partial charge on any atom is 0.271 e. The van der Waals surface area contributed by atoms with Crippen LogP contribution >= 0.6 is 11.3 Å². The largest absolute Gasteiger partial charge is 0.342 e. The van der Waals surface area contributed by atoms with Gasteiger partial charge in [-0.15, -0.1) is 11.3 Å². The Morgan fingerprint density at radius 2 is 1.67 bits per heavy atom. The molecule has 8 heteroatoms. The minimum atomic E-state index is -3.59. The number of carbonyl (C=O) groups excluding carboxylic acids is 2. The molecular formula is C25H26N2O4S2. The zero-order valence-electron chi connectivity index (χ0n) is 18.4. The number of Topliss-reactive ketones (excluding diaryl/α,β-unsaturated/α-hetero) is 1. The minimum Gasteiger partial charge on any atom is -0.342 e. The average molecular weight is 483 g/mol. The van der Waals surface area contributed by atoms with Crippen molar-refractivity contribution in [3.8, 4) is 0 Å². The fraction of sp³-hybridized carbons (Fsp3) is 0.280. The van der Waals surface area contributed by atoms with Crippen LogP contribution in [0.5, 0.6) is 0 Å². The lowest BCUT2D eigenvalue weighted by molar-refractivity contribution is -0.131. The highest BCUT2D eigenvalue weighted by Crippen LogP contribution is 2.24. The number of nitrogens with zero attached hydrogens (tertiary/aromatic N) is 1. The van der Waals surface area contributed by atoms with Crippen LogP contribution in [0.1, 0.15) is 34.3 Å². The van der Waals surface area contributed by atoms with Gasteiger partial charge in [-0.1, -0.05) is 48.0 Å². The second-order valence-corrected chi connectivity index (χ2v) is 11.2. The SMILES string of the molecule is Cc1ccc(C(=O)C2CCN(C(=O)Cc3ccc(NS(=O)(=O)c4cccs4)cc3)CC2)cc1. The van der Waals surface area contributed by atoms with Gasteiger partial charge in [-0.05, 0) is 48.9 Å². The molecule has 0 unspecified atom stereocenters. The zero-order valence-corrected chi connectivity index (χ0v) is 20.0. The molecular weight excluding hydrogens is 456 g/mol. The monoisotopic (exact) mass is 482 g/mol. The Kier molecular flexibility index (Phi) is 6.95. The molecule has 0 spiro atoms. The first-order chi connectivity index (χ1) is 15.8. The molecule has 0 saturated carbocycles. The van der Waals surface area contributed by atoms with Crippen LogP contribution in [0.4, 0.5) is 5.69 Å². The normalized spacial score (nSPS) is 14.8. The molecule has 0 atom stereocenters. The van der Waals surface area contributed by atoms with Crippen molar-refractivity contribution in [3.05, 3.63) is 82.7 Å².